The Kier molecular flexibility index (Phi) is 5.76. The summed E-state index contributed by atoms with van der Waals surface area (Å²) in [5.41, 5.74) is 2.26. The third-order valence-electron chi connectivity index (χ3n) is 3.49. The van der Waals surface area contributed by atoms with Crippen LogP contribution in [0.3, 0.4) is 0 Å². The predicted octanol–water partition coefficient (Wildman–Crippen LogP) is 5.74. The van der Waals surface area contributed by atoms with Gasteiger partial charge in [-0.25, -0.2) is 9.78 Å². The first-order chi connectivity index (χ1) is 12.9. The third kappa shape index (κ3) is 5.82. The molecular formula is C21H22N2O3S. The van der Waals surface area contributed by atoms with Crippen LogP contribution in [-0.2, 0) is 11.3 Å². The molecule has 1 heterocycles. The van der Waals surface area contributed by atoms with Crippen LogP contribution in [0.15, 0.2) is 60.0 Å². The summed E-state index contributed by atoms with van der Waals surface area (Å²) in [6, 6.07) is 17.8. The molecule has 3 rings (SSSR count). The van der Waals surface area contributed by atoms with E-state index in [2.05, 4.69) is 10.3 Å². The van der Waals surface area contributed by atoms with Crippen LogP contribution in [-0.4, -0.2) is 16.7 Å². The maximum atomic E-state index is 11.9. The van der Waals surface area contributed by atoms with Gasteiger partial charge in [0.15, 0.2) is 5.13 Å². The second kappa shape index (κ2) is 8.22. The first-order valence-electron chi connectivity index (χ1n) is 8.62. The lowest BCUT2D eigenvalue weighted by Gasteiger charge is -2.18. The molecule has 0 aliphatic heterocycles. The maximum Gasteiger partial charge on any atom is 0.413 e. The highest BCUT2D eigenvalue weighted by molar-refractivity contribution is 7.14. The lowest BCUT2D eigenvalue weighted by atomic mass is 10.1. The molecule has 0 fully saturated rings. The first kappa shape index (κ1) is 18.9. The van der Waals surface area contributed by atoms with E-state index in [0.29, 0.717) is 11.7 Å². The van der Waals surface area contributed by atoms with E-state index >= 15 is 0 Å². The Labute approximate surface area is 163 Å². The molecule has 0 spiro atoms. The molecule has 0 aliphatic carbocycles. The zero-order chi connectivity index (χ0) is 19.3. The fraction of sp³-hybridized carbons (Fsp3) is 0.238. The summed E-state index contributed by atoms with van der Waals surface area (Å²) in [5, 5.41) is 5.05. The summed E-state index contributed by atoms with van der Waals surface area (Å²) in [5.74, 6) is 0.769. The zero-order valence-corrected chi connectivity index (χ0v) is 16.4. The molecule has 5 nitrogen and oxygen atoms in total. The van der Waals surface area contributed by atoms with Crippen molar-refractivity contribution in [3.05, 3.63) is 65.5 Å². The zero-order valence-electron chi connectivity index (χ0n) is 15.6. The van der Waals surface area contributed by atoms with Gasteiger partial charge in [-0.15, -0.1) is 11.3 Å². The maximum absolute atomic E-state index is 11.9. The number of carbonyl (C=O) groups is 1. The standard InChI is InChI=1S/C21H22N2O3S/c1-21(2,3)26-20(24)23-19-22-18(14-27-19)16-10-7-11-17(12-16)25-13-15-8-5-4-6-9-15/h4-12,14H,13H2,1-3H3,(H,22,23,24). The molecule has 0 radical (unpaired) electrons. The Balaban J connectivity index is 1.65. The Morgan fingerprint density at radius 3 is 2.63 bits per heavy atom. The van der Waals surface area contributed by atoms with Crippen LogP contribution in [0.5, 0.6) is 5.75 Å². The number of nitrogens with one attached hydrogen (secondary N) is 1. The number of benzene rings is 2. The van der Waals surface area contributed by atoms with Crippen LogP contribution in [0.1, 0.15) is 26.3 Å². The summed E-state index contributed by atoms with van der Waals surface area (Å²) >= 11 is 1.35. The summed E-state index contributed by atoms with van der Waals surface area (Å²) in [7, 11) is 0. The number of aromatic nitrogens is 1. The number of hydrogen-bond acceptors (Lipinski definition) is 5. The van der Waals surface area contributed by atoms with Crippen LogP contribution in [0.4, 0.5) is 9.93 Å². The van der Waals surface area contributed by atoms with Gasteiger partial charge in [0.05, 0.1) is 5.69 Å². The van der Waals surface area contributed by atoms with Crippen LogP contribution in [0.2, 0.25) is 0 Å². The summed E-state index contributed by atoms with van der Waals surface area (Å²) in [6.45, 7) is 5.97. The molecule has 3 aromatic rings. The summed E-state index contributed by atoms with van der Waals surface area (Å²) < 4.78 is 11.1. The van der Waals surface area contributed by atoms with Gasteiger partial charge in [-0.1, -0.05) is 42.5 Å². The molecule has 0 unspecified atom stereocenters. The summed E-state index contributed by atoms with van der Waals surface area (Å²) in [4.78, 5) is 16.3. The second-order valence-corrected chi connectivity index (χ2v) is 7.82. The molecule has 1 amide bonds. The van der Waals surface area contributed by atoms with Crippen molar-refractivity contribution in [1.29, 1.82) is 0 Å². The molecule has 1 N–H and O–H groups in total. The number of thiazole rings is 1. The van der Waals surface area contributed by atoms with Crippen LogP contribution in [0.25, 0.3) is 11.3 Å². The van der Waals surface area contributed by atoms with Crippen molar-refractivity contribution in [2.45, 2.75) is 33.0 Å². The Bertz CT molecular complexity index is 901. The van der Waals surface area contributed by atoms with E-state index in [1.54, 1.807) is 0 Å². The Morgan fingerprint density at radius 2 is 1.89 bits per heavy atom. The van der Waals surface area contributed by atoms with Gasteiger partial charge in [0.25, 0.3) is 0 Å². The highest BCUT2D eigenvalue weighted by Gasteiger charge is 2.17. The number of rotatable bonds is 5. The molecule has 0 atom stereocenters. The van der Waals surface area contributed by atoms with Gasteiger partial charge in [-0.2, -0.15) is 0 Å². The number of amides is 1. The second-order valence-electron chi connectivity index (χ2n) is 6.97. The SMILES string of the molecule is CC(C)(C)OC(=O)Nc1nc(-c2cccc(OCc3ccccc3)c2)cs1. The number of carbonyl (C=O) groups excluding carboxylic acids is 1. The fourth-order valence-corrected chi connectivity index (χ4v) is 3.05. The molecule has 27 heavy (non-hydrogen) atoms. The van der Waals surface area contributed by atoms with E-state index in [1.807, 2.05) is 80.7 Å². The molecule has 2 aromatic carbocycles. The highest BCUT2D eigenvalue weighted by Crippen LogP contribution is 2.28. The molecule has 0 saturated heterocycles. The van der Waals surface area contributed by atoms with E-state index in [1.165, 1.54) is 11.3 Å². The van der Waals surface area contributed by atoms with Gasteiger partial charge >= 0.3 is 6.09 Å². The van der Waals surface area contributed by atoms with Crippen LogP contribution >= 0.6 is 11.3 Å². The minimum absolute atomic E-state index is 0.495. The number of anilines is 1. The van der Waals surface area contributed by atoms with Crippen LogP contribution < -0.4 is 10.1 Å². The van der Waals surface area contributed by atoms with E-state index in [4.69, 9.17) is 9.47 Å². The first-order valence-corrected chi connectivity index (χ1v) is 9.50. The van der Waals surface area contributed by atoms with Crippen molar-refractivity contribution < 1.29 is 14.3 Å². The van der Waals surface area contributed by atoms with Gasteiger partial charge in [-0.05, 0) is 38.5 Å². The van der Waals surface area contributed by atoms with E-state index < -0.39 is 11.7 Å². The topological polar surface area (TPSA) is 60.5 Å². The number of hydrogen-bond donors (Lipinski definition) is 1. The van der Waals surface area contributed by atoms with Crippen molar-refractivity contribution >= 4 is 22.6 Å². The molecule has 0 aliphatic rings. The largest absolute Gasteiger partial charge is 0.489 e. The molecule has 140 valence electrons. The average molecular weight is 382 g/mol. The van der Waals surface area contributed by atoms with Gasteiger partial charge in [0.1, 0.15) is 18.0 Å². The third-order valence-corrected chi connectivity index (χ3v) is 4.25. The molecule has 0 bridgehead atoms. The van der Waals surface area contributed by atoms with Gasteiger partial charge in [0.2, 0.25) is 0 Å². The molecular weight excluding hydrogens is 360 g/mol. The molecule has 1 aromatic heterocycles. The minimum atomic E-state index is -0.547. The molecule has 6 heteroatoms. The monoisotopic (exact) mass is 382 g/mol. The highest BCUT2D eigenvalue weighted by atomic mass is 32.1. The average Bonchev–Trinajstić information content (AvgIpc) is 3.08. The minimum Gasteiger partial charge on any atom is -0.489 e. The normalized spacial score (nSPS) is 11.1. The van der Waals surface area contributed by atoms with E-state index in [9.17, 15) is 4.79 Å². The van der Waals surface area contributed by atoms with Gasteiger partial charge in [0, 0.05) is 10.9 Å². The van der Waals surface area contributed by atoms with Crippen molar-refractivity contribution in [2.24, 2.45) is 0 Å². The smallest absolute Gasteiger partial charge is 0.413 e. The predicted molar refractivity (Wildman–Crippen MR) is 108 cm³/mol. The lowest BCUT2D eigenvalue weighted by Crippen LogP contribution is -2.27. The van der Waals surface area contributed by atoms with E-state index in [-0.39, 0.29) is 0 Å². The fourth-order valence-electron chi connectivity index (χ4n) is 2.34. The van der Waals surface area contributed by atoms with Crippen molar-refractivity contribution in [3.63, 3.8) is 0 Å². The van der Waals surface area contributed by atoms with Gasteiger partial charge in [-0.3, -0.25) is 5.32 Å². The molecule has 0 saturated carbocycles. The van der Waals surface area contributed by atoms with Crippen LogP contribution in [0, 0.1) is 0 Å². The summed E-state index contributed by atoms with van der Waals surface area (Å²) in [6.07, 6.45) is -0.511. The lowest BCUT2D eigenvalue weighted by molar-refractivity contribution is 0.0636. The number of ether oxygens (including phenoxy) is 2. The van der Waals surface area contributed by atoms with Crippen molar-refractivity contribution in [1.82, 2.24) is 4.98 Å². The Morgan fingerprint density at radius 1 is 1.11 bits per heavy atom. The van der Waals surface area contributed by atoms with Crippen molar-refractivity contribution in [2.75, 3.05) is 5.32 Å². The Hall–Kier alpha value is -2.86. The number of nitrogens with zero attached hydrogens (tertiary/aromatic N) is 1. The van der Waals surface area contributed by atoms with Gasteiger partial charge < -0.3 is 9.47 Å². The quantitative estimate of drug-likeness (QED) is 0.611. The van der Waals surface area contributed by atoms with Crippen molar-refractivity contribution in [3.8, 4) is 17.0 Å². The van der Waals surface area contributed by atoms with E-state index in [0.717, 1.165) is 22.6 Å².